The molecule has 2 aromatic carbocycles. The minimum atomic E-state index is 0.0627. The zero-order chi connectivity index (χ0) is 20.4. The van der Waals surface area contributed by atoms with Gasteiger partial charge in [-0.05, 0) is 61.9 Å². The van der Waals surface area contributed by atoms with Gasteiger partial charge in [0.25, 0.3) is 5.91 Å². The van der Waals surface area contributed by atoms with Crippen molar-refractivity contribution in [1.82, 2.24) is 9.88 Å². The smallest absolute Gasteiger partial charge is 0.253 e. The molecule has 3 aromatic rings. The first-order valence-corrected chi connectivity index (χ1v) is 10.2. The number of para-hydroxylation sites is 1. The molecular weight excluding hydrogens is 364 g/mol. The van der Waals surface area contributed by atoms with Crippen LogP contribution in [0.3, 0.4) is 0 Å². The number of aryl methyl sites for hydroxylation is 1. The van der Waals surface area contributed by atoms with Crippen LogP contribution in [0.4, 0.5) is 0 Å². The van der Waals surface area contributed by atoms with Gasteiger partial charge in [-0.1, -0.05) is 18.2 Å². The molecule has 1 fully saturated rings. The van der Waals surface area contributed by atoms with Crippen molar-refractivity contribution < 1.29 is 14.3 Å². The lowest BCUT2D eigenvalue weighted by Crippen LogP contribution is -2.38. The predicted molar refractivity (Wildman–Crippen MR) is 115 cm³/mol. The van der Waals surface area contributed by atoms with Crippen molar-refractivity contribution >= 4 is 16.8 Å². The van der Waals surface area contributed by atoms with Crippen molar-refractivity contribution in [3.8, 4) is 11.5 Å². The summed E-state index contributed by atoms with van der Waals surface area (Å²) in [5.74, 6) is 1.88. The van der Waals surface area contributed by atoms with Gasteiger partial charge >= 0.3 is 0 Å². The standard InChI is InChI=1S/C24H28N2O3/c1-16-20(19-6-4-5-7-21(19)25-16)14-17-10-12-26(13-11-17)24(27)18-8-9-22(28-2)23(15-18)29-3/h4-9,15,17,25H,10-14H2,1-3H3. The number of nitrogens with zero attached hydrogens (tertiary/aromatic N) is 1. The van der Waals surface area contributed by atoms with Crippen molar-refractivity contribution in [2.45, 2.75) is 26.2 Å². The van der Waals surface area contributed by atoms with E-state index in [1.165, 1.54) is 22.2 Å². The molecule has 1 saturated heterocycles. The van der Waals surface area contributed by atoms with Gasteiger partial charge < -0.3 is 19.4 Å². The van der Waals surface area contributed by atoms with E-state index >= 15 is 0 Å². The van der Waals surface area contributed by atoms with Crippen LogP contribution in [0.25, 0.3) is 10.9 Å². The number of rotatable bonds is 5. The van der Waals surface area contributed by atoms with Crippen molar-refractivity contribution in [2.75, 3.05) is 27.3 Å². The normalized spacial score (nSPS) is 14.9. The van der Waals surface area contributed by atoms with Crippen LogP contribution in [0, 0.1) is 12.8 Å². The first-order valence-electron chi connectivity index (χ1n) is 10.2. The number of methoxy groups -OCH3 is 2. The molecule has 1 aliphatic rings. The number of likely N-dealkylation sites (tertiary alicyclic amines) is 1. The number of aromatic amines is 1. The van der Waals surface area contributed by atoms with E-state index in [0.717, 1.165) is 32.4 Å². The van der Waals surface area contributed by atoms with E-state index in [0.29, 0.717) is 23.0 Å². The minimum Gasteiger partial charge on any atom is -0.493 e. The maximum Gasteiger partial charge on any atom is 0.253 e. The number of piperidine rings is 1. The van der Waals surface area contributed by atoms with Gasteiger partial charge in [0.2, 0.25) is 0 Å². The fraction of sp³-hybridized carbons (Fsp3) is 0.375. The van der Waals surface area contributed by atoms with Crippen LogP contribution in [0.15, 0.2) is 42.5 Å². The number of hydrogen-bond donors (Lipinski definition) is 1. The maximum atomic E-state index is 12.9. The lowest BCUT2D eigenvalue weighted by molar-refractivity contribution is 0.0690. The maximum absolute atomic E-state index is 12.9. The Labute approximate surface area is 171 Å². The van der Waals surface area contributed by atoms with Gasteiger partial charge in [0.1, 0.15) is 0 Å². The van der Waals surface area contributed by atoms with Crippen molar-refractivity contribution in [3.63, 3.8) is 0 Å². The highest BCUT2D eigenvalue weighted by molar-refractivity contribution is 5.95. The number of carbonyl (C=O) groups excluding carboxylic acids is 1. The monoisotopic (exact) mass is 392 g/mol. The number of amides is 1. The summed E-state index contributed by atoms with van der Waals surface area (Å²) in [4.78, 5) is 18.4. The van der Waals surface area contributed by atoms with Gasteiger partial charge in [0, 0.05) is 35.2 Å². The Balaban J connectivity index is 1.41. The molecular formula is C24H28N2O3. The van der Waals surface area contributed by atoms with Crippen LogP contribution >= 0.6 is 0 Å². The average Bonchev–Trinajstić information content (AvgIpc) is 3.08. The van der Waals surface area contributed by atoms with Crippen molar-refractivity contribution in [3.05, 3.63) is 59.3 Å². The van der Waals surface area contributed by atoms with Crippen LogP contribution in [-0.2, 0) is 6.42 Å². The molecule has 0 spiro atoms. The zero-order valence-corrected chi connectivity index (χ0v) is 17.3. The van der Waals surface area contributed by atoms with Gasteiger partial charge in [-0.15, -0.1) is 0 Å². The number of carbonyl (C=O) groups is 1. The molecule has 5 heteroatoms. The Morgan fingerprint density at radius 2 is 1.79 bits per heavy atom. The van der Waals surface area contributed by atoms with Gasteiger partial charge in [0.05, 0.1) is 14.2 Å². The summed E-state index contributed by atoms with van der Waals surface area (Å²) < 4.78 is 10.6. The molecule has 1 aliphatic heterocycles. The summed E-state index contributed by atoms with van der Waals surface area (Å²) in [7, 11) is 3.18. The quantitative estimate of drug-likeness (QED) is 0.691. The fourth-order valence-corrected chi connectivity index (χ4v) is 4.38. The second-order valence-corrected chi connectivity index (χ2v) is 7.78. The van der Waals surface area contributed by atoms with Crippen molar-refractivity contribution in [2.24, 2.45) is 5.92 Å². The number of hydrogen-bond acceptors (Lipinski definition) is 3. The number of benzene rings is 2. The molecule has 29 heavy (non-hydrogen) atoms. The summed E-state index contributed by atoms with van der Waals surface area (Å²) in [6, 6.07) is 13.9. The van der Waals surface area contributed by atoms with Crippen LogP contribution in [0.2, 0.25) is 0 Å². The predicted octanol–water partition coefficient (Wildman–Crippen LogP) is 4.59. The Hall–Kier alpha value is -2.95. The SMILES string of the molecule is COc1ccc(C(=O)N2CCC(Cc3c(C)[nH]c4ccccc34)CC2)cc1OC. The Morgan fingerprint density at radius 3 is 2.52 bits per heavy atom. The zero-order valence-electron chi connectivity index (χ0n) is 17.3. The number of fused-ring (bicyclic) bond motifs is 1. The first-order chi connectivity index (χ1) is 14.1. The summed E-state index contributed by atoms with van der Waals surface area (Å²) >= 11 is 0. The van der Waals surface area contributed by atoms with Gasteiger partial charge in [-0.3, -0.25) is 4.79 Å². The van der Waals surface area contributed by atoms with Crippen LogP contribution in [0.5, 0.6) is 11.5 Å². The van der Waals surface area contributed by atoms with Gasteiger partial charge in [-0.2, -0.15) is 0 Å². The van der Waals surface area contributed by atoms with E-state index in [1.54, 1.807) is 26.4 Å². The molecule has 1 amide bonds. The number of H-pyrrole nitrogens is 1. The third-order valence-corrected chi connectivity index (χ3v) is 6.05. The molecule has 2 heterocycles. The highest BCUT2D eigenvalue weighted by Gasteiger charge is 2.25. The molecule has 4 rings (SSSR count). The van der Waals surface area contributed by atoms with Crippen LogP contribution in [0.1, 0.15) is 34.5 Å². The Bertz CT molecular complexity index is 1020. The fourth-order valence-electron chi connectivity index (χ4n) is 4.38. The second kappa shape index (κ2) is 8.19. The minimum absolute atomic E-state index is 0.0627. The topological polar surface area (TPSA) is 54.6 Å². The molecule has 1 N–H and O–H groups in total. The number of nitrogens with one attached hydrogen (secondary N) is 1. The Kier molecular flexibility index (Phi) is 5.47. The second-order valence-electron chi connectivity index (χ2n) is 7.78. The first kappa shape index (κ1) is 19.4. The molecule has 0 aliphatic carbocycles. The average molecular weight is 392 g/mol. The lowest BCUT2D eigenvalue weighted by Gasteiger charge is -2.32. The molecule has 0 radical (unpaired) electrons. The molecule has 152 valence electrons. The highest BCUT2D eigenvalue weighted by atomic mass is 16.5. The third-order valence-electron chi connectivity index (χ3n) is 6.05. The molecule has 5 nitrogen and oxygen atoms in total. The summed E-state index contributed by atoms with van der Waals surface area (Å²) in [5.41, 5.74) is 4.54. The third kappa shape index (κ3) is 3.82. The van der Waals surface area contributed by atoms with E-state index in [1.807, 2.05) is 11.0 Å². The van der Waals surface area contributed by atoms with Gasteiger partial charge in [0.15, 0.2) is 11.5 Å². The van der Waals surface area contributed by atoms with Gasteiger partial charge in [-0.25, -0.2) is 0 Å². The summed E-state index contributed by atoms with van der Waals surface area (Å²) in [6.07, 6.45) is 3.12. The molecule has 0 saturated carbocycles. The highest BCUT2D eigenvalue weighted by Crippen LogP contribution is 2.31. The van der Waals surface area contributed by atoms with Crippen molar-refractivity contribution in [1.29, 1.82) is 0 Å². The molecule has 0 bridgehead atoms. The van der Waals surface area contributed by atoms with E-state index in [4.69, 9.17) is 9.47 Å². The van der Waals surface area contributed by atoms with Crippen LogP contribution < -0.4 is 9.47 Å². The molecule has 0 unspecified atom stereocenters. The van der Waals surface area contributed by atoms with E-state index in [9.17, 15) is 4.79 Å². The number of aromatic nitrogens is 1. The number of ether oxygens (including phenoxy) is 2. The molecule has 0 atom stereocenters. The van der Waals surface area contributed by atoms with E-state index < -0.39 is 0 Å². The van der Waals surface area contributed by atoms with E-state index in [2.05, 4.69) is 36.2 Å². The Morgan fingerprint density at radius 1 is 1.07 bits per heavy atom. The lowest BCUT2D eigenvalue weighted by atomic mass is 9.89. The summed E-state index contributed by atoms with van der Waals surface area (Å²) in [6.45, 7) is 3.74. The van der Waals surface area contributed by atoms with E-state index in [-0.39, 0.29) is 5.91 Å². The largest absolute Gasteiger partial charge is 0.493 e. The summed E-state index contributed by atoms with van der Waals surface area (Å²) in [5, 5.41) is 1.33. The molecule has 1 aromatic heterocycles. The van der Waals surface area contributed by atoms with Crippen LogP contribution in [-0.4, -0.2) is 43.1 Å².